The van der Waals surface area contributed by atoms with Crippen LogP contribution in [0.1, 0.15) is 66.4 Å². The molecule has 3 rings (SSSR count). The van der Waals surface area contributed by atoms with Gasteiger partial charge in [0, 0.05) is 18.0 Å². The molecule has 4 N–H and O–H groups in total. The standard InChI is InChI=1S/C13H19N3O3/c1-6(14)11-10(12(19-16-11)7-2-3-7)13(18)15-8-4-9(17)5-8/h6-9,17H,2-5,14H2,1H3,(H,15,18). The fourth-order valence-corrected chi connectivity index (χ4v) is 2.44. The van der Waals surface area contributed by atoms with Gasteiger partial charge in [-0.05, 0) is 32.6 Å². The minimum absolute atomic E-state index is 0.0467. The molecule has 0 spiro atoms. The molecule has 0 aliphatic heterocycles. The molecule has 6 nitrogen and oxygen atoms in total. The van der Waals surface area contributed by atoms with Crippen LogP contribution in [0.25, 0.3) is 0 Å². The number of hydrogen-bond donors (Lipinski definition) is 3. The number of rotatable bonds is 4. The van der Waals surface area contributed by atoms with Crippen LogP contribution in [0.2, 0.25) is 0 Å². The van der Waals surface area contributed by atoms with Gasteiger partial charge in [0.1, 0.15) is 11.3 Å². The molecule has 2 saturated carbocycles. The predicted octanol–water partition coefficient (Wildman–Crippen LogP) is 0.825. The molecule has 1 aromatic heterocycles. The Labute approximate surface area is 111 Å². The Hall–Kier alpha value is -1.40. The van der Waals surface area contributed by atoms with E-state index in [0.29, 0.717) is 35.8 Å². The van der Waals surface area contributed by atoms with Crippen LogP contribution in [0.4, 0.5) is 0 Å². The highest BCUT2D eigenvalue weighted by Gasteiger charge is 2.37. The lowest BCUT2D eigenvalue weighted by Gasteiger charge is -2.31. The number of nitrogens with one attached hydrogen (secondary N) is 1. The molecular weight excluding hydrogens is 246 g/mol. The summed E-state index contributed by atoms with van der Waals surface area (Å²) in [5.74, 6) is 0.810. The Kier molecular flexibility index (Phi) is 3.06. The van der Waals surface area contributed by atoms with Crippen LogP contribution in [0.15, 0.2) is 4.52 Å². The average Bonchev–Trinajstić information content (AvgIpc) is 3.05. The zero-order valence-corrected chi connectivity index (χ0v) is 10.9. The van der Waals surface area contributed by atoms with E-state index in [1.54, 1.807) is 6.92 Å². The SMILES string of the molecule is CC(N)c1noc(C2CC2)c1C(=O)NC1CC(O)C1. The number of nitrogens with zero attached hydrogens (tertiary/aromatic N) is 1. The van der Waals surface area contributed by atoms with Crippen molar-refractivity contribution in [1.29, 1.82) is 0 Å². The summed E-state index contributed by atoms with van der Waals surface area (Å²) in [5, 5.41) is 16.1. The quantitative estimate of drug-likeness (QED) is 0.748. The van der Waals surface area contributed by atoms with Crippen LogP contribution in [0, 0.1) is 0 Å². The van der Waals surface area contributed by atoms with E-state index in [1.165, 1.54) is 0 Å². The summed E-state index contributed by atoms with van der Waals surface area (Å²) in [7, 11) is 0. The minimum atomic E-state index is -0.330. The van der Waals surface area contributed by atoms with Gasteiger partial charge in [-0.1, -0.05) is 5.16 Å². The molecule has 0 aromatic carbocycles. The molecular formula is C13H19N3O3. The van der Waals surface area contributed by atoms with E-state index in [9.17, 15) is 9.90 Å². The first-order valence-corrected chi connectivity index (χ1v) is 6.80. The van der Waals surface area contributed by atoms with Gasteiger partial charge in [-0.2, -0.15) is 0 Å². The summed E-state index contributed by atoms with van der Waals surface area (Å²) in [6.45, 7) is 1.79. The maximum atomic E-state index is 12.3. The Balaban J connectivity index is 1.80. The van der Waals surface area contributed by atoms with E-state index >= 15 is 0 Å². The minimum Gasteiger partial charge on any atom is -0.393 e. The molecule has 0 radical (unpaired) electrons. The van der Waals surface area contributed by atoms with Gasteiger partial charge in [0.05, 0.1) is 6.10 Å². The van der Waals surface area contributed by atoms with Crippen molar-refractivity contribution in [2.45, 2.75) is 56.7 Å². The van der Waals surface area contributed by atoms with E-state index in [2.05, 4.69) is 10.5 Å². The van der Waals surface area contributed by atoms with Crippen molar-refractivity contribution in [1.82, 2.24) is 10.5 Å². The number of aromatic nitrogens is 1. The summed E-state index contributed by atoms with van der Waals surface area (Å²) < 4.78 is 5.32. The third kappa shape index (κ3) is 2.37. The molecule has 1 aromatic rings. The van der Waals surface area contributed by atoms with Gasteiger partial charge in [0.25, 0.3) is 5.91 Å². The molecule has 2 fully saturated rings. The highest BCUT2D eigenvalue weighted by Crippen LogP contribution is 2.43. The maximum absolute atomic E-state index is 12.3. The summed E-state index contributed by atoms with van der Waals surface area (Å²) in [6.07, 6.45) is 3.02. The monoisotopic (exact) mass is 265 g/mol. The first kappa shape index (κ1) is 12.6. The van der Waals surface area contributed by atoms with E-state index in [1.807, 2.05) is 0 Å². The molecule has 2 aliphatic carbocycles. The molecule has 1 atom stereocenters. The van der Waals surface area contributed by atoms with E-state index in [4.69, 9.17) is 10.3 Å². The number of aliphatic hydroxyl groups is 1. The third-order valence-electron chi connectivity index (χ3n) is 3.80. The zero-order valence-electron chi connectivity index (χ0n) is 10.9. The molecule has 6 heteroatoms. The van der Waals surface area contributed by atoms with Crippen molar-refractivity contribution >= 4 is 5.91 Å². The fraction of sp³-hybridized carbons (Fsp3) is 0.692. The molecule has 19 heavy (non-hydrogen) atoms. The van der Waals surface area contributed by atoms with Crippen LogP contribution < -0.4 is 11.1 Å². The van der Waals surface area contributed by atoms with E-state index < -0.39 is 0 Å². The van der Waals surface area contributed by atoms with Crippen LogP contribution in [0.3, 0.4) is 0 Å². The van der Waals surface area contributed by atoms with Crippen LogP contribution in [-0.2, 0) is 0 Å². The van der Waals surface area contributed by atoms with Gasteiger partial charge < -0.3 is 20.7 Å². The van der Waals surface area contributed by atoms with E-state index in [-0.39, 0.29) is 24.1 Å². The van der Waals surface area contributed by atoms with Crippen LogP contribution >= 0.6 is 0 Å². The van der Waals surface area contributed by atoms with Gasteiger partial charge in [-0.25, -0.2) is 0 Å². The Morgan fingerprint density at radius 2 is 2.21 bits per heavy atom. The number of carbonyl (C=O) groups excluding carboxylic acids is 1. The number of hydrogen-bond acceptors (Lipinski definition) is 5. The second kappa shape index (κ2) is 4.61. The summed E-state index contributed by atoms with van der Waals surface area (Å²) >= 11 is 0. The number of nitrogens with two attached hydrogens (primary N) is 1. The van der Waals surface area contributed by atoms with Crippen molar-refractivity contribution < 1.29 is 14.4 Å². The molecule has 104 valence electrons. The van der Waals surface area contributed by atoms with Crippen molar-refractivity contribution in [3.05, 3.63) is 17.0 Å². The van der Waals surface area contributed by atoms with Gasteiger partial charge >= 0.3 is 0 Å². The second-order valence-corrected chi connectivity index (χ2v) is 5.67. The number of amides is 1. The normalized spacial score (nSPS) is 27.7. The molecule has 0 saturated heterocycles. The van der Waals surface area contributed by atoms with Crippen LogP contribution in [0.5, 0.6) is 0 Å². The number of carbonyl (C=O) groups is 1. The topological polar surface area (TPSA) is 101 Å². The van der Waals surface area contributed by atoms with Gasteiger partial charge in [0.15, 0.2) is 5.76 Å². The zero-order chi connectivity index (χ0) is 13.6. The first-order valence-electron chi connectivity index (χ1n) is 6.80. The predicted molar refractivity (Wildman–Crippen MR) is 67.6 cm³/mol. The molecule has 0 bridgehead atoms. The average molecular weight is 265 g/mol. The smallest absolute Gasteiger partial charge is 0.257 e. The summed E-state index contributed by atoms with van der Waals surface area (Å²) in [6, 6.07) is -0.283. The first-order chi connectivity index (χ1) is 9.06. The van der Waals surface area contributed by atoms with Gasteiger partial charge in [-0.15, -0.1) is 0 Å². The third-order valence-corrected chi connectivity index (χ3v) is 3.80. The molecule has 1 unspecified atom stereocenters. The fourth-order valence-electron chi connectivity index (χ4n) is 2.44. The summed E-state index contributed by atoms with van der Waals surface area (Å²) in [4.78, 5) is 12.3. The van der Waals surface area contributed by atoms with Crippen molar-refractivity contribution in [2.24, 2.45) is 5.73 Å². The van der Waals surface area contributed by atoms with Crippen molar-refractivity contribution in [3.8, 4) is 0 Å². The second-order valence-electron chi connectivity index (χ2n) is 5.67. The van der Waals surface area contributed by atoms with E-state index in [0.717, 1.165) is 12.8 Å². The maximum Gasteiger partial charge on any atom is 0.257 e. The van der Waals surface area contributed by atoms with Gasteiger partial charge in [0.2, 0.25) is 0 Å². The Morgan fingerprint density at radius 3 is 2.74 bits per heavy atom. The van der Waals surface area contributed by atoms with Gasteiger partial charge in [-0.3, -0.25) is 4.79 Å². The Bertz CT molecular complexity index is 468. The lowest BCUT2D eigenvalue weighted by atomic mass is 9.89. The highest BCUT2D eigenvalue weighted by molar-refractivity contribution is 5.97. The van der Waals surface area contributed by atoms with Crippen molar-refractivity contribution in [2.75, 3.05) is 0 Å². The molecule has 1 heterocycles. The molecule has 1 amide bonds. The van der Waals surface area contributed by atoms with Crippen LogP contribution in [-0.4, -0.2) is 28.3 Å². The van der Waals surface area contributed by atoms with Crippen molar-refractivity contribution in [3.63, 3.8) is 0 Å². The lowest BCUT2D eigenvalue weighted by Crippen LogP contribution is -2.47. The Morgan fingerprint density at radius 1 is 1.53 bits per heavy atom. The summed E-state index contributed by atoms with van der Waals surface area (Å²) in [5.41, 5.74) is 6.88. The lowest BCUT2D eigenvalue weighted by molar-refractivity contribution is 0.0561. The molecule has 2 aliphatic rings. The highest BCUT2D eigenvalue weighted by atomic mass is 16.5. The largest absolute Gasteiger partial charge is 0.393 e. The number of aliphatic hydroxyl groups excluding tert-OH is 1.